The molecular weight excluding hydrogens is 760 g/mol. The molecular formula is C42H64O16. The number of aliphatic carboxylic acids is 3. The number of hydrogen-bond donors (Lipinski definition) is 9. The Balaban J connectivity index is 1.17. The summed E-state index contributed by atoms with van der Waals surface area (Å²) in [5.74, 6) is -3.72. The normalized spacial score (nSPS) is 54.2. The van der Waals surface area contributed by atoms with Gasteiger partial charge < -0.3 is 64.9 Å². The smallest absolute Gasteiger partial charge is 0.335 e. The molecule has 58 heavy (non-hydrogen) atoms. The molecule has 4 unspecified atom stereocenters. The summed E-state index contributed by atoms with van der Waals surface area (Å²) in [6.45, 7) is 13.0. The first kappa shape index (κ1) is 43.8. The molecule has 0 aromatic heterocycles. The van der Waals surface area contributed by atoms with Crippen molar-refractivity contribution >= 4 is 17.9 Å². The summed E-state index contributed by atoms with van der Waals surface area (Å²) >= 11 is 0. The lowest BCUT2D eigenvalue weighted by Gasteiger charge is -2.71. The standard InChI is InChI=1S/C42H64O16/c1-37-13-14-38(2,36(53)54)17-20(37)19-7-8-22-39(3)11-10-23(40(4,18-43)21(39)9-12-42(22,6)41(19,5)16-15-37)55-35-31(27(47)26(46)30(57-35)33(51)52)58-34-28(48)24(44)25(45)29(56-34)32(49)50/h7,20-31,34-35,43-48H,8-18H2,1-6H3,(H,49,50)(H,51,52)(H,53,54)/t20?,21?,22?,23-,24+,25-,26-,27+,28+,29-,30-,31+,34-,35+,37+,38-,39-,40+,41?,42+/m0/s1. The Morgan fingerprint density at radius 1 is 0.707 bits per heavy atom. The van der Waals surface area contributed by atoms with E-state index in [0.29, 0.717) is 25.7 Å². The van der Waals surface area contributed by atoms with E-state index in [9.17, 15) is 60.3 Å². The van der Waals surface area contributed by atoms with E-state index >= 15 is 0 Å². The van der Waals surface area contributed by atoms with E-state index in [0.717, 1.165) is 38.5 Å². The van der Waals surface area contributed by atoms with Gasteiger partial charge in [-0.15, -0.1) is 0 Å². The third-order valence-electron chi connectivity index (χ3n) is 17.6. The molecule has 0 bridgehead atoms. The van der Waals surface area contributed by atoms with E-state index in [4.69, 9.17) is 18.9 Å². The fourth-order valence-electron chi connectivity index (χ4n) is 13.6. The summed E-state index contributed by atoms with van der Waals surface area (Å²) in [6, 6.07) is 0. The number of carboxylic acid groups (broad SMARTS) is 3. The Labute approximate surface area is 338 Å². The van der Waals surface area contributed by atoms with Gasteiger partial charge in [-0.05, 0) is 111 Å². The lowest BCUT2D eigenvalue weighted by Crippen LogP contribution is -2.68. The zero-order valence-electron chi connectivity index (χ0n) is 34.3. The van der Waals surface area contributed by atoms with Crippen LogP contribution in [-0.2, 0) is 33.3 Å². The summed E-state index contributed by atoms with van der Waals surface area (Å²) in [6.07, 6.45) is -10.4. The first-order valence-electron chi connectivity index (χ1n) is 20.9. The summed E-state index contributed by atoms with van der Waals surface area (Å²) in [5, 5.41) is 94.4. The van der Waals surface area contributed by atoms with Gasteiger partial charge in [0, 0.05) is 5.41 Å². The number of hydrogen-bond acceptors (Lipinski definition) is 13. The average molecular weight is 825 g/mol. The van der Waals surface area contributed by atoms with Gasteiger partial charge >= 0.3 is 17.9 Å². The number of fused-ring (bicyclic) bond motifs is 7. The second-order valence-electron chi connectivity index (χ2n) is 20.5. The zero-order chi connectivity index (χ0) is 42.7. The number of ether oxygens (including phenoxy) is 4. The fourth-order valence-corrected chi connectivity index (χ4v) is 13.6. The molecule has 16 nitrogen and oxygen atoms in total. The first-order chi connectivity index (χ1) is 26.9. The predicted octanol–water partition coefficient (Wildman–Crippen LogP) is 2.04. The minimum atomic E-state index is -2.06. The van der Waals surface area contributed by atoms with Crippen LogP contribution in [0.2, 0.25) is 0 Å². The molecule has 0 aromatic carbocycles. The van der Waals surface area contributed by atoms with E-state index < -0.39 is 96.3 Å². The van der Waals surface area contributed by atoms with E-state index in [1.807, 2.05) is 13.8 Å². The lowest BCUT2D eigenvalue weighted by molar-refractivity contribution is -0.372. The van der Waals surface area contributed by atoms with Crippen molar-refractivity contribution in [3.63, 3.8) is 0 Å². The zero-order valence-corrected chi connectivity index (χ0v) is 34.3. The molecule has 5 aliphatic carbocycles. The molecule has 0 amide bonds. The number of allylic oxidation sites excluding steroid dienone is 2. The van der Waals surface area contributed by atoms with Gasteiger partial charge in [-0.2, -0.15) is 0 Å². The van der Waals surface area contributed by atoms with Crippen LogP contribution in [0.5, 0.6) is 0 Å². The second-order valence-corrected chi connectivity index (χ2v) is 20.5. The summed E-state index contributed by atoms with van der Waals surface area (Å²) < 4.78 is 23.4. The number of aliphatic hydroxyl groups excluding tert-OH is 6. The van der Waals surface area contributed by atoms with Crippen molar-refractivity contribution < 1.29 is 79.3 Å². The molecule has 0 aromatic rings. The van der Waals surface area contributed by atoms with Crippen molar-refractivity contribution in [2.24, 2.45) is 50.2 Å². The Morgan fingerprint density at radius 2 is 1.31 bits per heavy atom. The van der Waals surface area contributed by atoms with E-state index in [-0.39, 0.29) is 46.0 Å². The number of rotatable bonds is 8. The van der Waals surface area contributed by atoms with Crippen molar-refractivity contribution in [2.45, 2.75) is 173 Å². The van der Waals surface area contributed by atoms with Gasteiger partial charge in [0.2, 0.25) is 0 Å². The Hall–Kier alpha value is -2.25. The van der Waals surface area contributed by atoms with Crippen LogP contribution in [-0.4, -0.2) is 138 Å². The highest BCUT2D eigenvalue weighted by atomic mass is 16.8. The summed E-state index contributed by atoms with van der Waals surface area (Å²) in [4.78, 5) is 36.5. The van der Waals surface area contributed by atoms with Crippen molar-refractivity contribution in [1.82, 2.24) is 0 Å². The van der Waals surface area contributed by atoms with Crippen LogP contribution in [0.4, 0.5) is 0 Å². The van der Waals surface area contributed by atoms with Crippen LogP contribution in [0.3, 0.4) is 0 Å². The highest BCUT2D eigenvalue weighted by molar-refractivity contribution is 5.75. The number of aliphatic hydroxyl groups is 6. The highest BCUT2D eigenvalue weighted by Gasteiger charge is 2.69. The Kier molecular flexibility index (Phi) is 11.1. The molecule has 0 radical (unpaired) electrons. The molecule has 2 saturated heterocycles. The van der Waals surface area contributed by atoms with E-state index in [1.165, 1.54) is 5.57 Å². The molecule has 2 heterocycles. The van der Waals surface area contributed by atoms with Gasteiger partial charge in [0.05, 0.1) is 18.1 Å². The van der Waals surface area contributed by atoms with Crippen LogP contribution in [0.1, 0.15) is 106 Å². The number of carboxylic acids is 3. The first-order valence-corrected chi connectivity index (χ1v) is 20.9. The molecule has 7 rings (SSSR count). The molecule has 2 aliphatic heterocycles. The Morgan fingerprint density at radius 3 is 1.91 bits per heavy atom. The number of carbonyl (C=O) groups is 3. The molecule has 9 N–H and O–H groups in total. The van der Waals surface area contributed by atoms with Crippen LogP contribution in [0.25, 0.3) is 0 Å². The minimum Gasteiger partial charge on any atom is -0.481 e. The van der Waals surface area contributed by atoms with Crippen LogP contribution >= 0.6 is 0 Å². The van der Waals surface area contributed by atoms with E-state index in [1.54, 1.807) is 0 Å². The molecule has 328 valence electrons. The predicted molar refractivity (Wildman–Crippen MR) is 200 cm³/mol. The van der Waals surface area contributed by atoms with Gasteiger partial charge in [0.1, 0.15) is 36.6 Å². The molecule has 16 heteroatoms. The summed E-state index contributed by atoms with van der Waals surface area (Å²) in [7, 11) is 0. The van der Waals surface area contributed by atoms with Gasteiger partial charge in [-0.3, -0.25) is 4.79 Å². The van der Waals surface area contributed by atoms with Gasteiger partial charge in [-0.25, -0.2) is 9.59 Å². The topological polar surface area (TPSA) is 270 Å². The molecule has 20 atom stereocenters. The van der Waals surface area contributed by atoms with Crippen molar-refractivity contribution in [3.8, 4) is 0 Å². The highest BCUT2D eigenvalue weighted by Crippen LogP contribution is 2.76. The maximum Gasteiger partial charge on any atom is 0.335 e. The van der Waals surface area contributed by atoms with Gasteiger partial charge in [-0.1, -0.05) is 46.3 Å². The minimum absolute atomic E-state index is 0.0434. The fraction of sp³-hybridized carbons (Fsp3) is 0.881. The monoisotopic (exact) mass is 824 g/mol. The quantitative estimate of drug-likeness (QED) is 0.125. The SMILES string of the molecule is CC12CC[C@@]3(C)CC[C@](C)(C(=O)O)CC3C1=CCC1[C@@]3(C)CC[C@H](O[C@@H]4O[C@H](C(=O)O)[C@@H](O)[C@@H](O)[C@H]4O[C@@H]4O[C@H](C(=O)O)[C@@H](O)[C@@H](O)[C@H]4O)[C@](C)(CO)C3CC[C@]12C. The van der Waals surface area contributed by atoms with Gasteiger partial charge in [0.25, 0.3) is 0 Å². The average Bonchev–Trinajstić information content (AvgIpc) is 3.16. The molecule has 4 saturated carbocycles. The maximum absolute atomic E-state index is 12.5. The van der Waals surface area contributed by atoms with Crippen molar-refractivity contribution in [2.75, 3.05) is 6.61 Å². The van der Waals surface area contributed by atoms with Crippen LogP contribution < -0.4 is 0 Å². The van der Waals surface area contributed by atoms with Crippen LogP contribution in [0.15, 0.2) is 11.6 Å². The molecule has 7 aliphatic rings. The second kappa shape index (κ2) is 14.7. The van der Waals surface area contributed by atoms with Crippen LogP contribution in [0, 0.1) is 50.2 Å². The third kappa shape index (κ3) is 6.33. The van der Waals surface area contributed by atoms with Gasteiger partial charge in [0.15, 0.2) is 24.8 Å². The third-order valence-corrected chi connectivity index (χ3v) is 17.6. The summed E-state index contributed by atoms with van der Waals surface area (Å²) in [5.41, 5.74) is -0.824. The van der Waals surface area contributed by atoms with Crippen molar-refractivity contribution in [3.05, 3.63) is 11.6 Å². The Bertz CT molecular complexity index is 1670. The molecule has 6 fully saturated rings. The lowest BCUT2D eigenvalue weighted by atomic mass is 9.33. The molecule has 0 spiro atoms. The van der Waals surface area contributed by atoms with Crippen molar-refractivity contribution in [1.29, 1.82) is 0 Å². The largest absolute Gasteiger partial charge is 0.481 e. The van der Waals surface area contributed by atoms with E-state index in [2.05, 4.69) is 33.8 Å². The maximum atomic E-state index is 12.5.